The molecule has 1 aromatic rings. The minimum absolute atomic E-state index is 0.612. The van der Waals surface area contributed by atoms with Crippen LogP contribution in [0.4, 0.5) is 0 Å². The Morgan fingerprint density at radius 2 is 2.00 bits per heavy atom. The summed E-state index contributed by atoms with van der Waals surface area (Å²) in [6.45, 7) is 4.24. The summed E-state index contributed by atoms with van der Waals surface area (Å²) in [6.07, 6.45) is 6.06. The van der Waals surface area contributed by atoms with Crippen LogP contribution in [0.2, 0.25) is 0 Å². The Balaban J connectivity index is 1.58. The van der Waals surface area contributed by atoms with E-state index in [2.05, 4.69) is 46.4 Å². The molecule has 0 spiro atoms. The molecule has 2 aliphatic rings. The molecule has 1 N–H and O–H groups in total. The number of ether oxygens (including phenoxy) is 1. The number of fused-ring (bicyclic) bond motifs is 1. The van der Waals surface area contributed by atoms with Gasteiger partial charge in [0.2, 0.25) is 0 Å². The van der Waals surface area contributed by atoms with Crippen LogP contribution < -0.4 is 5.32 Å². The van der Waals surface area contributed by atoms with Crippen LogP contribution >= 0.6 is 15.9 Å². The van der Waals surface area contributed by atoms with Crippen LogP contribution in [0.25, 0.3) is 0 Å². The van der Waals surface area contributed by atoms with E-state index in [0.717, 1.165) is 19.1 Å². The molecule has 0 amide bonds. The molecule has 0 bridgehead atoms. The molecule has 0 saturated carbocycles. The van der Waals surface area contributed by atoms with Gasteiger partial charge < -0.3 is 10.1 Å². The lowest BCUT2D eigenvalue weighted by Gasteiger charge is -2.34. The lowest BCUT2D eigenvalue weighted by Crippen LogP contribution is -2.45. The van der Waals surface area contributed by atoms with Gasteiger partial charge in [0.15, 0.2) is 0 Å². The lowest BCUT2D eigenvalue weighted by atomic mass is 9.86. The van der Waals surface area contributed by atoms with Gasteiger partial charge in [-0.15, -0.1) is 0 Å². The minimum Gasteiger partial charge on any atom is -0.381 e. The second-order valence-corrected chi connectivity index (χ2v) is 7.17. The third-order valence-corrected chi connectivity index (χ3v) is 5.36. The van der Waals surface area contributed by atoms with E-state index in [1.807, 2.05) is 0 Å². The highest BCUT2D eigenvalue weighted by atomic mass is 79.9. The van der Waals surface area contributed by atoms with Gasteiger partial charge in [-0.1, -0.05) is 22.0 Å². The fraction of sp³-hybridized carbons (Fsp3) is 0.647. The molecule has 1 aliphatic heterocycles. The Kier molecular flexibility index (Phi) is 4.79. The Morgan fingerprint density at radius 1 is 1.20 bits per heavy atom. The Hall–Kier alpha value is -0.380. The predicted octanol–water partition coefficient (Wildman–Crippen LogP) is 3.71. The number of aryl methyl sites for hydroxylation is 1. The lowest BCUT2D eigenvalue weighted by molar-refractivity contribution is 0.0541. The molecule has 3 heteroatoms. The molecule has 1 aliphatic carbocycles. The molecule has 0 radical (unpaired) electrons. The van der Waals surface area contributed by atoms with Gasteiger partial charge in [-0.25, -0.2) is 0 Å². The van der Waals surface area contributed by atoms with Crippen LogP contribution in [0.1, 0.15) is 37.3 Å². The van der Waals surface area contributed by atoms with Crippen molar-refractivity contribution in [3.05, 3.63) is 33.8 Å². The molecule has 2 atom stereocenters. The van der Waals surface area contributed by atoms with Gasteiger partial charge in [0, 0.05) is 29.8 Å². The molecule has 2 unspecified atom stereocenters. The first kappa shape index (κ1) is 14.6. The topological polar surface area (TPSA) is 21.3 Å². The van der Waals surface area contributed by atoms with Crippen molar-refractivity contribution >= 4 is 15.9 Å². The smallest absolute Gasteiger partial charge is 0.0469 e. The maximum Gasteiger partial charge on any atom is 0.0469 e. The molecule has 1 saturated heterocycles. The van der Waals surface area contributed by atoms with Crippen LogP contribution in [0.15, 0.2) is 22.7 Å². The molecular formula is C17H24BrNO. The van der Waals surface area contributed by atoms with Crippen LogP contribution in [0.3, 0.4) is 0 Å². The number of halogens is 1. The van der Waals surface area contributed by atoms with Crippen molar-refractivity contribution in [1.82, 2.24) is 5.32 Å². The summed E-state index contributed by atoms with van der Waals surface area (Å²) in [5, 5.41) is 3.88. The van der Waals surface area contributed by atoms with Gasteiger partial charge in [-0.2, -0.15) is 0 Å². The van der Waals surface area contributed by atoms with E-state index in [-0.39, 0.29) is 0 Å². The highest BCUT2D eigenvalue weighted by molar-refractivity contribution is 9.10. The van der Waals surface area contributed by atoms with Crippen LogP contribution in [0, 0.1) is 5.92 Å². The molecule has 1 heterocycles. The molecule has 1 fully saturated rings. The van der Waals surface area contributed by atoms with Gasteiger partial charge in [0.25, 0.3) is 0 Å². The molecule has 3 rings (SSSR count). The molecule has 1 aromatic carbocycles. The first-order chi connectivity index (χ1) is 9.72. The normalized spacial score (nSPS) is 25.2. The van der Waals surface area contributed by atoms with Gasteiger partial charge in [-0.05, 0) is 68.2 Å². The number of benzene rings is 1. The van der Waals surface area contributed by atoms with Crippen molar-refractivity contribution in [2.75, 3.05) is 13.2 Å². The predicted molar refractivity (Wildman–Crippen MR) is 86.1 cm³/mol. The fourth-order valence-electron chi connectivity index (χ4n) is 3.59. The Labute approximate surface area is 130 Å². The Morgan fingerprint density at radius 3 is 2.80 bits per heavy atom. The molecule has 110 valence electrons. The van der Waals surface area contributed by atoms with Crippen molar-refractivity contribution in [3.8, 4) is 0 Å². The number of nitrogens with one attached hydrogen (secondary N) is 1. The van der Waals surface area contributed by atoms with Gasteiger partial charge in [0.1, 0.15) is 0 Å². The largest absolute Gasteiger partial charge is 0.381 e. The zero-order valence-corrected chi connectivity index (χ0v) is 13.8. The number of hydrogen-bond donors (Lipinski definition) is 1. The maximum atomic E-state index is 5.47. The zero-order valence-electron chi connectivity index (χ0n) is 12.2. The first-order valence-electron chi connectivity index (χ1n) is 7.83. The summed E-state index contributed by atoms with van der Waals surface area (Å²) in [5.41, 5.74) is 3.05. The SMILES string of the molecule is CC(NC1CCc2cc(Br)ccc2C1)C1CCOCC1. The molecule has 20 heavy (non-hydrogen) atoms. The minimum atomic E-state index is 0.612. The molecule has 0 aromatic heterocycles. The summed E-state index contributed by atoms with van der Waals surface area (Å²) in [5.74, 6) is 0.787. The van der Waals surface area contributed by atoms with Crippen molar-refractivity contribution < 1.29 is 4.74 Å². The van der Waals surface area contributed by atoms with Crippen LogP contribution in [-0.2, 0) is 17.6 Å². The standard InChI is InChI=1S/C17H24BrNO/c1-12(13-6-8-20-9-7-13)19-17-5-3-14-10-16(18)4-2-15(14)11-17/h2,4,10,12-13,17,19H,3,5-9,11H2,1H3. The van der Waals surface area contributed by atoms with Crippen molar-refractivity contribution in [1.29, 1.82) is 0 Å². The summed E-state index contributed by atoms with van der Waals surface area (Å²) in [4.78, 5) is 0. The number of hydrogen-bond acceptors (Lipinski definition) is 2. The van der Waals surface area contributed by atoms with Crippen LogP contribution in [-0.4, -0.2) is 25.3 Å². The third kappa shape index (κ3) is 3.44. The van der Waals surface area contributed by atoms with E-state index < -0.39 is 0 Å². The van der Waals surface area contributed by atoms with E-state index in [4.69, 9.17) is 4.74 Å². The van der Waals surface area contributed by atoms with E-state index in [0.29, 0.717) is 12.1 Å². The molecule has 2 nitrogen and oxygen atoms in total. The van der Waals surface area contributed by atoms with E-state index in [1.165, 1.54) is 47.7 Å². The summed E-state index contributed by atoms with van der Waals surface area (Å²) >= 11 is 3.57. The van der Waals surface area contributed by atoms with Crippen molar-refractivity contribution in [3.63, 3.8) is 0 Å². The van der Waals surface area contributed by atoms with Gasteiger partial charge in [-0.3, -0.25) is 0 Å². The monoisotopic (exact) mass is 337 g/mol. The van der Waals surface area contributed by atoms with E-state index >= 15 is 0 Å². The Bertz CT molecular complexity index is 456. The summed E-state index contributed by atoms with van der Waals surface area (Å²) in [6, 6.07) is 7.99. The number of rotatable bonds is 3. The van der Waals surface area contributed by atoms with E-state index in [9.17, 15) is 0 Å². The second-order valence-electron chi connectivity index (χ2n) is 6.26. The summed E-state index contributed by atoms with van der Waals surface area (Å²) in [7, 11) is 0. The fourth-order valence-corrected chi connectivity index (χ4v) is 4.00. The maximum absolute atomic E-state index is 5.47. The highest BCUT2D eigenvalue weighted by Gasteiger charge is 2.25. The van der Waals surface area contributed by atoms with E-state index in [1.54, 1.807) is 0 Å². The van der Waals surface area contributed by atoms with Gasteiger partial charge >= 0.3 is 0 Å². The highest BCUT2D eigenvalue weighted by Crippen LogP contribution is 2.26. The summed E-state index contributed by atoms with van der Waals surface area (Å²) < 4.78 is 6.67. The van der Waals surface area contributed by atoms with Gasteiger partial charge in [0.05, 0.1) is 0 Å². The quantitative estimate of drug-likeness (QED) is 0.907. The third-order valence-electron chi connectivity index (χ3n) is 4.87. The average molecular weight is 338 g/mol. The molecular weight excluding hydrogens is 314 g/mol. The zero-order chi connectivity index (χ0) is 13.9. The first-order valence-corrected chi connectivity index (χ1v) is 8.63. The van der Waals surface area contributed by atoms with Crippen molar-refractivity contribution in [2.24, 2.45) is 5.92 Å². The van der Waals surface area contributed by atoms with Crippen molar-refractivity contribution in [2.45, 2.75) is 51.1 Å². The second kappa shape index (κ2) is 6.59. The average Bonchev–Trinajstić information content (AvgIpc) is 2.48. The van der Waals surface area contributed by atoms with Crippen LogP contribution in [0.5, 0.6) is 0 Å².